The Morgan fingerprint density at radius 1 is 1.64 bits per heavy atom. The average Bonchev–Trinajstić information content (AvgIpc) is 2.83. The van der Waals surface area contributed by atoms with Gasteiger partial charge in [0.1, 0.15) is 16.5 Å². The Bertz CT molecular complexity index is 587. The molecule has 0 saturated carbocycles. The van der Waals surface area contributed by atoms with Gasteiger partial charge in [-0.25, -0.2) is 9.78 Å². The zero-order valence-corrected chi connectivity index (χ0v) is 14.5. The van der Waals surface area contributed by atoms with Crippen LogP contribution in [0.5, 0.6) is 0 Å². The third-order valence-corrected chi connectivity index (χ3v) is 4.52. The Balaban J connectivity index is 1.97. The lowest BCUT2D eigenvalue weighted by molar-refractivity contribution is -0.0246. The van der Waals surface area contributed by atoms with Gasteiger partial charge < -0.3 is 14.5 Å². The van der Waals surface area contributed by atoms with Gasteiger partial charge >= 0.3 is 6.09 Å². The van der Waals surface area contributed by atoms with Crippen molar-refractivity contribution in [1.82, 2.24) is 9.88 Å². The van der Waals surface area contributed by atoms with Crippen LogP contribution in [0.3, 0.4) is 0 Å². The number of hydrogen-bond acceptors (Lipinski definition) is 6. The van der Waals surface area contributed by atoms with Crippen molar-refractivity contribution in [3.05, 3.63) is 11.1 Å². The van der Waals surface area contributed by atoms with Crippen molar-refractivity contribution in [3.8, 4) is 6.07 Å². The summed E-state index contributed by atoms with van der Waals surface area (Å²) in [4.78, 5) is 20.9. The second-order valence-corrected chi connectivity index (χ2v) is 7.63. The lowest BCUT2D eigenvalue weighted by atomic mass is 9.94. The minimum absolute atomic E-state index is 0.115. The topological polar surface area (TPSA) is 69.5 Å². The minimum atomic E-state index is -0.486. The van der Waals surface area contributed by atoms with Crippen molar-refractivity contribution in [2.24, 2.45) is 0 Å². The normalized spacial score (nSPS) is 21.0. The first-order valence-corrected chi connectivity index (χ1v) is 8.11. The molecule has 1 aliphatic rings. The maximum absolute atomic E-state index is 12.3. The first kappa shape index (κ1) is 16.6. The average molecular weight is 322 g/mol. The van der Waals surface area contributed by atoms with Crippen molar-refractivity contribution in [3.63, 3.8) is 0 Å². The van der Waals surface area contributed by atoms with E-state index in [9.17, 15) is 4.79 Å². The number of carbonyl (C=O) groups excluding carboxylic acids is 1. The van der Waals surface area contributed by atoms with E-state index in [0.717, 1.165) is 11.6 Å². The van der Waals surface area contributed by atoms with Gasteiger partial charge in [-0.2, -0.15) is 5.26 Å². The molecule has 0 bridgehead atoms. The van der Waals surface area contributed by atoms with Crippen molar-refractivity contribution in [1.29, 1.82) is 5.26 Å². The van der Waals surface area contributed by atoms with Crippen LogP contribution in [0.15, 0.2) is 6.20 Å². The number of ether oxygens (including phenoxy) is 1. The first-order chi connectivity index (χ1) is 10.2. The van der Waals surface area contributed by atoms with Gasteiger partial charge in [-0.1, -0.05) is 11.3 Å². The Morgan fingerprint density at radius 3 is 2.82 bits per heavy atom. The molecule has 0 radical (unpaired) electrons. The molecule has 2 atom stereocenters. The molecule has 2 rings (SSSR count). The Kier molecular flexibility index (Phi) is 4.61. The van der Waals surface area contributed by atoms with Crippen LogP contribution in [0, 0.1) is 11.3 Å². The molecule has 1 amide bonds. The molecule has 7 heteroatoms. The van der Waals surface area contributed by atoms with E-state index in [1.807, 2.05) is 39.6 Å². The molecular formula is C15H22N4O2S. The van der Waals surface area contributed by atoms with Gasteiger partial charge in [0.2, 0.25) is 0 Å². The number of hydrogen-bond donors (Lipinski definition) is 0. The van der Waals surface area contributed by atoms with Crippen molar-refractivity contribution in [2.75, 3.05) is 18.5 Å². The van der Waals surface area contributed by atoms with Crippen LogP contribution in [0.25, 0.3) is 0 Å². The molecule has 120 valence electrons. The maximum Gasteiger partial charge on any atom is 0.410 e. The highest BCUT2D eigenvalue weighted by molar-refractivity contribution is 7.16. The van der Waals surface area contributed by atoms with E-state index in [4.69, 9.17) is 10.00 Å². The summed E-state index contributed by atoms with van der Waals surface area (Å²) in [7, 11) is 1.93. The summed E-state index contributed by atoms with van der Waals surface area (Å²) in [5.74, 6) is 0. The zero-order valence-electron chi connectivity index (χ0n) is 13.7. The number of thiazole rings is 1. The number of nitriles is 1. The minimum Gasteiger partial charge on any atom is -0.444 e. The molecule has 6 nitrogen and oxygen atoms in total. The lowest BCUT2D eigenvalue weighted by Gasteiger charge is -2.48. The fraction of sp³-hybridized carbons (Fsp3) is 0.667. The summed E-state index contributed by atoms with van der Waals surface area (Å²) in [5.41, 5.74) is -0.486. The number of rotatable bonds is 3. The van der Waals surface area contributed by atoms with Gasteiger partial charge in [0.15, 0.2) is 5.13 Å². The van der Waals surface area contributed by atoms with Gasteiger partial charge in [-0.3, -0.25) is 0 Å². The highest BCUT2D eigenvalue weighted by atomic mass is 32.1. The van der Waals surface area contributed by atoms with Crippen LogP contribution in [0.1, 0.15) is 39.0 Å². The number of likely N-dealkylation sites (N-methyl/N-ethyl adjacent to an activating group) is 1. The molecule has 0 spiro atoms. The highest BCUT2D eigenvalue weighted by Crippen LogP contribution is 2.30. The van der Waals surface area contributed by atoms with E-state index >= 15 is 0 Å². The van der Waals surface area contributed by atoms with Crippen molar-refractivity contribution in [2.45, 2.75) is 51.8 Å². The Hall–Kier alpha value is -1.81. The highest BCUT2D eigenvalue weighted by Gasteiger charge is 2.41. The summed E-state index contributed by atoms with van der Waals surface area (Å²) in [6, 6.07) is 2.40. The smallest absolute Gasteiger partial charge is 0.410 e. The quantitative estimate of drug-likeness (QED) is 0.856. The van der Waals surface area contributed by atoms with Gasteiger partial charge in [-0.15, -0.1) is 0 Å². The number of nitrogens with zero attached hydrogens (tertiary/aromatic N) is 4. The van der Waals surface area contributed by atoms with Crippen LogP contribution in [0.2, 0.25) is 0 Å². The fourth-order valence-electron chi connectivity index (χ4n) is 2.54. The molecule has 1 aromatic heterocycles. The number of amides is 1. The Morgan fingerprint density at radius 2 is 2.32 bits per heavy atom. The summed E-state index contributed by atoms with van der Waals surface area (Å²) in [6.45, 7) is 8.32. The molecule has 1 aromatic rings. The van der Waals surface area contributed by atoms with Gasteiger partial charge in [0, 0.05) is 19.6 Å². The van der Waals surface area contributed by atoms with Gasteiger partial charge in [-0.05, 0) is 34.1 Å². The predicted octanol–water partition coefficient (Wildman–Crippen LogP) is 2.85. The number of carbonyl (C=O) groups is 1. The van der Waals surface area contributed by atoms with Crippen LogP contribution >= 0.6 is 11.3 Å². The van der Waals surface area contributed by atoms with E-state index in [0.29, 0.717) is 11.4 Å². The number of aromatic nitrogens is 1. The molecule has 1 aliphatic heterocycles. The Labute approximate surface area is 135 Å². The first-order valence-electron chi connectivity index (χ1n) is 7.29. The standard InChI is InChI=1S/C15H22N4O2S/c1-10-6-11(19(10)14(20)21-15(2,3)4)9-18(5)13-17-8-12(7-16)22-13/h8,10-11H,6,9H2,1-5H3. The second-order valence-electron chi connectivity index (χ2n) is 6.63. The fourth-order valence-corrected chi connectivity index (χ4v) is 3.22. The third-order valence-electron chi connectivity index (χ3n) is 3.50. The van der Waals surface area contributed by atoms with Gasteiger partial charge in [0.25, 0.3) is 0 Å². The van der Waals surface area contributed by atoms with Crippen molar-refractivity contribution < 1.29 is 9.53 Å². The summed E-state index contributed by atoms with van der Waals surface area (Å²) in [5, 5.41) is 9.65. The molecule has 2 heterocycles. The molecular weight excluding hydrogens is 300 g/mol. The number of likely N-dealkylation sites (tertiary alicyclic amines) is 1. The summed E-state index contributed by atoms with van der Waals surface area (Å²) in [6.07, 6.45) is 2.26. The molecule has 0 aromatic carbocycles. The molecule has 22 heavy (non-hydrogen) atoms. The SMILES string of the molecule is CC1CC(CN(C)c2ncc(C#N)s2)N1C(=O)OC(C)(C)C. The zero-order chi connectivity index (χ0) is 16.5. The largest absolute Gasteiger partial charge is 0.444 e. The number of anilines is 1. The van der Waals surface area contributed by atoms with Gasteiger partial charge in [0.05, 0.1) is 12.2 Å². The van der Waals surface area contributed by atoms with E-state index in [2.05, 4.69) is 11.1 Å². The molecule has 1 saturated heterocycles. The van der Waals surface area contributed by atoms with Crippen LogP contribution in [-0.4, -0.2) is 47.3 Å². The molecule has 1 fully saturated rings. The summed E-state index contributed by atoms with van der Waals surface area (Å²) < 4.78 is 5.46. The van der Waals surface area contributed by atoms with Crippen molar-refractivity contribution >= 4 is 22.6 Å². The van der Waals surface area contributed by atoms with E-state index in [-0.39, 0.29) is 18.2 Å². The van der Waals surface area contributed by atoms with E-state index in [1.165, 1.54) is 11.3 Å². The van der Waals surface area contributed by atoms with Crippen LogP contribution in [0.4, 0.5) is 9.93 Å². The van der Waals surface area contributed by atoms with E-state index in [1.54, 1.807) is 11.1 Å². The third kappa shape index (κ3) is 3.69. The summed E-state index contributed by atoms with van der Waals surface area (Å²) >= 11 is 1.36. The monoisotopic (exact) mass is 322 g/mol. The molecule has 0 N–H and O–H groups in total. The molecule has 2 unspecified atom stereocenters. The van der Waals surface area contributed by atoms with Crippen LogP contribution in [-0.2, 0) is 4.74 Å². The second kappa shape index (κ2) is 6.13. The lowest BCUT2D eigenvalue weighted by Crippen LogP contribution is -2.61. The van der Waals surface area contributed by atoms with Crippen LogP contribution < -0.4 is 4.90 Å². The van der Waals surface area contributed by atoms with E-state index < -0.39 is 5.60 Å². The predicted molar refractivity (Wildman–Crippen MR) is 86.0 cm³/mol. The maximum atomic E-state index is 12.3. The molecule has 0 aliphatic carbocycles.